The van der Waals surface area contributed by atoms with Gasteiger partial charge in [0.1, 0.15) is 5.75 Å². The van der Waals surface area contributed by atoms with Gasteiger partial charge in [-0.15, -0.1) is 11.8 Å². The summed E-state index contributed by atoms with van der Waals surface area (Å²) in [6.07, 6.45) is 0.780. The number of para-hydroxylation sites is 1. The standard InChI is InChI=1S/C26H28N4O3S2/c1-2-33-21-10-8-20(9-11-21)30-25(32)24-22(12-17-34-24)27-26(30)35-18-23(31)29-15-13-28(14-16-29)19-6-4-3-5-7-19/h3-11H,2,12-18H2,1H3. The van der Waals surface area contributed by atoms with Crippen molar-refractivity contribution in [3.8, 4) is 11.4 Å². The third kappa shape index (κ3) is 5.21. The molecule has 0 N–H and O–H groups in total. The van der Waals surface area contributed by atoms with Crippen LogP contribution in [0.2, 0.25) is 0 Å². The summed E-state index contributed by atoms with van der Waals surface area (Å²) in [6, 6.07) is 17.7. The molecule has 3 aromatic rings. The number of aryl methyl sites for hydroxylation is 1. The number of carbonyl (C=O) groups is 1. The monoisotopic (exact) mass is 508 g/mol. The summed E-state index contributed by atoms with van der Waals surface area (Å²) in [5.41, 5.74) is 2.70. The van der Waals surface area contributed by atoms with Crippen LogP contribution < -0.4 is 15.2 Å². The van der Waals surface area contributed by atoms with Gasteiger partial charge >= 0.3 is 0 Å². The van der Waals surface area contributed by atoms with Crippen LogP contribution in [-0.2, 0) is 11.2 Å². The van der Waals surface area contributed by atoms with Crippen LogP contribution in [-0.4, -0.2) is 64.6 Å². The van der Waals surface area contributed by atoms with E-state index >= 15 is 0 Å². The fourth-order valence-electron chi connectivity index (χ4n) is 4.35. The van der Waals surface area contributed by atoms with Gasteiger partial charge in [-0.1, -0.05) is 30.0 Å². The van der Waals surface area contributed by atoms with Crippen LogP contribution in [0, 0.1) is 0 Å². The fraction of sp³-hybridized carbons (Fsp3) is 0.346. The van der Waals surface area contributed by atoms with Crippen molar-refractivity contribution in [2.24, 2.45) is 0 Å². The largest absolute Gasteiger partial charge is 0.494 e. The molecule has 1 amide bonds. The summed E-state index contributed by atoms with van der Waals surface area (Å²) < 4.78 is 7.18. The van der Waals surface area contributed by atoms with E-state index in [2.05, 4.69) is 17.0 Å². The number of carbonyl (C=O) groups excluding carboxylic acids is 1. The highest BCUT2D eigenvalue weighted by Gasteiger charge is 2.25. The van der Waals surface area contributed by atoms with Gasteiger partial charge in [0.15, 0.2) is 5.16 Å². The molecule has 182 valence electrons. The van der Waals surface area contributed by atoms with Crippen LogP contribution in [0.15, 0.2) is 69.4 Å². The molecule has 0 radical (unpaired) electrons. The maximum atomic E-state index is 13.4. The molecule has 3 heterocycles. The zero-order valence-corrected chi connectivity index (χ0v) is 21.3. The van der Waals surface area contributed by atoms with E-state index in [1.807, 2.05) is 54.3 Å². The van der Waals surface area contributed by atoms with E-state index in [0.717, 1.165) is 42.4 Å². The highest BCUT2D eigenvalue weighted by molar-refractivity contribution is 8.00. The second-order valence-electron chi connectivity index (χ2n) is 8.33. The number of piperazine rings is 1. The number of hydrogen-bond acceptors (Lipinski definition) is 7. The van der Waals surface area contributed by atoms with Crippen LogP contribution in [0.1, 0.15) is 12.6 Å². The van der Waals surface area contributed by atoms with E-state index in [-0.39, 0.29) is 17.2 Å². The molecule has 35 heavy (non-hydrogen) atoms. The molecule has 0 unspecified atom stereocenters. The van der Waals surface area contributed by atoms with E-state index in [9.17, 15) is 9.59 Å². The number of nitrogens with zero attached hydrogens (tertiary/aromatic N) is 4. The second kappa shape index (κ2) is 10.8. The molecular weight excluding hydrogens is 480 g/mol. The third-order valence-electron chi connectivity index (χ3n) is 6.15. The number of thioether (sulfide) groups is 2. The Labute approximate surface area is 213 Å². The topological polar surface area (TPSA) is 67.7 Å². The molecule has 0 aliphatic carbocycles. The van der Waals surface area contributed by atoms with Gasteiger partial charge in [-0.25, -0.2) is 4.98 Å². The fourth-order valence-corrected chi connectivity index (χ4v) is 6.30. The van der Waals surface area contributed by atoms with Crippen LogP contribution in [0.4, 0.5) is 5.69 Å². The summed E-state index contributed by atoms with van der Waals surface area (Å²) in [5.74, 6) is 1.94. The van der Waals surface area contributed by atoms with E-state index in [1.165, 1.54) is 17.4 Å². The van der Waals surface area contributed by atoms with Crippen molar-refractivity contribution < 1.29 is 9.53 Å². The lowest BCUT2D eigenvalue weighted by Crippen LogP contribution is -2.49. The molecule has 7 nitrogen and oxygen atoms in total. The quantitative estimate of drug-likeness (QED) is 0.356. The Morgan fingerprint density at radius 2 is 1.77 bits per heavy atom. The van der Waals surface area contributed by atoms with Crippen LogP contribution in [0.25, 0.3) is 5.69 Å². The van der Waals surface area contributed by atoms with Gasteiger partial charge in [0.25, 0.3) is 5.56 Å². The summed E-state index contributed by atoms with van der Waals surface area (Å²) >= 11 is 2.90. The number of fused-ring (bicyclic) bond motifs is 1. The molecule has 1 aromatic heterocycles. The number of anilines is 1. The van der Waals surface area contributed by atoms with Crippen LogP contribution in [0.5, 0.6) is 5.75 Å². The molecular formula is C26H28N4O3S2. The minimum atomic E-state index is -0.0620. The SMILES string of the molecule is CCOc1ccc(-n2c(SCC(=O)N3CCN(c4ccccc4)CC3)nc3c(c2=O)SCC3)cc1. The van der Waals surface area contributed by atoms with Gasteiger partial charge in [-0.05, 0) is 43.3 Å². The summed E-state index contributed by atoms with van der Waals surface area (Å²) in [4.78, 5) is 36.2. The van der Waals surface area contributed by atoms with Crippen LogP contribution in [0.3, 0.4) is 0 Å². The highest BCUT2D eigenvalue weighted by Crippen LogP contribution is 2.30. The van der Waals surface area contributed by atoms with Gasteiger partial charge in [-0.3, -0.25) is 14.2 Å². The second-order valence-corrected chi connectivity index (χ2v) is 10.4. The Balaban J connectivity index is 1.30. The lowest BCUT2D eigenvalue weighted by atomic mass is 10.2. The molecule has 0 saturated carbocycles. The Kier molecular flexibility index (Phi) is 7.34. The molecule has 0 bridgehead atoms. The minimum absolute atomic E-state index is 0.0620. The average molecular weight is 509 g/mol. The smallest absolute Gasteiger partial charge is 0.272 e. The number of ether oxygens (including phenoxy) is 1. The zero-order valence-electron chi connectivity index (χ0n) is 19.7. The maximum absolute atomic E-state index is 13.4. The van der Waals surface area contributed by atoms with Gasteiger partial charge in [0, 0.05) is 44.0 Å². The van der Waals surface area contributed by atoms with Crippen molar-refractivity contribution in [2.45, 2.75) is 23.4 Å². The Morgan fingerprint density at radius 1 is 1.03 bits per heavy atom. The van der Waals surface area contributed by atoms with Crippen molar-refractivity contribution in [2.75, 3.05) is 49.2 Å². The zero-order chi connectivity index (χ0) is 24.2. The van der Waals surface area contributed by atoms with E-state index < -0.39 is 0 Å². The van der Waals surface area contributed by atoms with E-state index in [0.29, 0.717) is 29.7 Å². The van der Waals surface area contributed by atoms with E-state index in [1.54, 1.807) is 16.3 Å². The van der Waals surface area contributed by atoms with E-state index in [4.69, 9.17) is 9.72 Å². The molecule has 2 aromatic carbocycles. The van der Waals surface area contributed by atoms with Crippen molar-refractivity contribution in [3.05, 3.63) is 70.6 Å². The first-order chi connectivity index (χ1) is 17.1. The molecule has 1 saturated heterocycles. The van der Waals surface area contributed by atoms with Crippen molar-refractivity contribution >= 4 is 35.1 Å². The summed E-state index contributed by atoms with van der Waals surface area (Å²) in [6.45, 7) is 5.52. The number of aromatic nitrogens is 2. The highest BCUT2D eigenvalue weighted by atomic mass is 32.2. The first-order valence-electron chi connectivity index (χ1n) is 11.9. The predicted molar refractivity (Wildman–Crippen MR) is 141 cm³/mol. The number of amides is 1. The molecule has 2 aliphatic heterocycles. The summed E-state index contributed by atoms with van der Waals surface area (Å²) in [5, 5.41) is 0.566. The average Bonchev–Trinajstić information content (AvgIpc) is 3.38. The Hall–Kier alpha value is -2.91. The molecule has 2 aliphatic rings. The lowest BCUT2D eigenvalue weighted by molar-refractivity contribution is -0.128. The normalized spacial score (nSPS) is 15.2. The Morgan fingerprint density at radius 3 is 2.49 bits per heavy atom. The van der Waals surface area contributed by atoms with Gasteiger partial charge < -0.3 is 14.5 Å². The first kappa shape index (κ1) is 23.8. The molecule has 5 rings (SSSR count). The third-order valence-corrected chi connectivity index (χ3v) is 8.18. The number of rotatable bonds is 7. The van der Waals surface area contributed by atoms with Crippen molar-refractivity contribution in [1.29, 1.82) is 0 Å². The maximum Gasteiger partial charge on any atom is 0.272 e. The first-order valence-corrected chi connectivity index (χ1v) is 13.8. The molecule has 9 heteroatoms. The van der Waals surface area contributed by atoms with Crippen molar-refractivity contribution in [1.82, 2.24) is 14.5 Å². The molecule has 0 spiro atoms. The lowest BCUT2D eigenvalue weighted by Gasteiger charge is -2.36. The van der Waals surface area contributed by atoms with Gasteiger partial charge in [0.05, 0.1) is 28.6 Å². The van der Waals surface area contributed by atoms with Crippen molar-refractivity contribution in [3.63, 3.8) is 0 Å². The number of benzene rings is 2. The Bertz CT molecular complexity index is 1240. The number of hydrogen-bond donors (Lipinski definition) is 0. The molecule has 0 atom stereocenters. The minimum Gasteiger partial charge on any atom is -0.494 e. The van der Waals surface area contributed by atoms with Gasteiger partial charge in [-0.2, -0.15) is 0 Å². The summed E-state index contributed by atoms with van der Waals surface area (Å²) in [7, 11) is 0. The predicted octanol–water partition coefficient (Wildman–Crippen LogP) is 3.72. The molecule has 1 fully saturated rings. The van der Waals surface area contributed by atoms with Gasteiger partial charge in [0.2, 0.25) is 5.91 Å². The van der Waals surface area contributed by atoms with Crippen LogP contribution >= 0.6 is 23.5 Å².